The minimum atomic E-state index is -1.08. The highest BCUT2D eigenvalue weighted by atomic mass is 16.4. The van der Waals surface area contributed by atoms with Crippen LogP contribution in [0.2, 0.25) is 0 Å². The lowest BCUT2D eigenvalue weighted by Gasteiger charge is -2.33. The van der Waals surface area contributed by atoms with Crippen LogP contribution in [0.25, 0.3) is 0 Å². The summed E-state index contributed by atoms with van der Waals surface area (Å²) in [4.78, 5) is 36.4. The highest BCUT2D eigenvalue weighted by Gasteiger charge is 2.48. The van der Waals surface area contributed by atoms with Crippen LogP contribution in [-0.4, -0.2) is 46.9 Å². The first-order valence-electron chi connectivity index (χ1n) is 6.93. The zero-order chi connectivity index (χ0) is 15.0. The quantitative estimate of drug-likeness (QED) is 0.832. The number of piperazine rings is 1. The van der Waals surface area contributed by atoms with Gasteiger partial charge < -0.3 is 15.3 Å². The van der Waals surface area contributed by atoms with Gasteiger partial charge in [-0.05, 0) is 17.9 Å². The Kier molecular flexibility index (Phi) is 3.37. The number of amides is 2. The third kappa shape index (κ3) is 2.61. The lowest BCUT2D eigenvalue weighted by atomic mass is 10.1. The predicted octanol–water partition coefficient (Wildman–Crippen LogP) is 0.202. The first kappa shape index (κ1) is 13.6. The highest BCUT2D eigenvalue weighted by Crippen LogP contribution is 2.48. The average Bonchev–Trinajstić information content (AvgIpc) is 3.27. The third-order valence-electron chi connectivity index (χ3n) is 4.09. The number of carboxylic acid groups (broad SMARTS) is 1. The van der Waals surface area contributed by atoms with Crippen molar-refractivity contribution in [1.82, 2.24) is 10.2 Å². The molecule has 0 bridgehead atoms. The summed E-state index contributed by atoms with van der Waals surface area (Å²) in [7, 11) is 0. The Morgan fingerprint density at radius 1 is 1.24 bits per heavy atom. The van der Waals surface area contributed by atoms with Crippen molar-refractivity contribution in [3.8, 4) is 0 Å². The van der Waals surface area contributed by atoms with Gasteiger partial charge in [-0.15, -0.1) is 0 Å². The lowest BCUT2D eigenvalue weighted by Crippen LogP contribution is -2.59. The number of hydrogen-bond acceptors (Lipinski definition) is 3. The summed E-state index contributed by atoms with van der Waals surface area (Å²) in [6, 6.07) is 8.73. The molecule has 3 atom stereocenters. The summed E-state index contributed by atoms with van der Waals surface area (Å²) >= 11 is 0. The molecule has 6 heteroatoms. The van der Waals surface area contributed by atoms with Crippen molar-refractivity contribution < 1.29 is 19.5 Å². The van der Waals surface area contributed by atoms with E-state index in [9.17, 15) is 19.5 Å². The van der Waals surface area contributed by atoms with Crippen molar-refractivity contribution in [2.24, 2.45) is 5.92 Å². The van der Waals surface area contributed by atoms with E-state index in [0.717, 1.165) is 5.56 Å². The Bertz CT molecular complexity index is 587. The second kappa shape index (κ2) is 5.20. The van der Waals surface area contributed by atoms with Crippen LogP contribution < -0.4 is 5.32 Å². The Hall–Kier alpha value is -2.37. The van der Waals surface area contributed by atoms with Gasteiger partial charge in [0.05, 0.1) is 0 Å². The number of carbonyl (C=O) groups excluding carboxylic acids is 2. The molecule has 3 unspecified atom stereocenters. The molecule has 110 valence electrons. The highest BCUT2D eigenvalue weighted by molar-refractivity contribution is 5.93. The van der Waals surface area contributed by atoms with Gasteiger partial charge in [0, 0.05) is 12.5 Å². The van der Waals surface area contributed by atoms with Crippen molar-refractivity contribution in [3.05, 3.63) is 35.9 Å². The molecule has 0 aromatic heterocycles. The van der Waals surface area contributed by atoms with E-state index in [1.54, 1.807) is 0 Å². The molecule has 1 saturated carbocycles. The van der Waals surface area contributed by atoms with Crippen molar-refractivity contribution >= 4 is 17.8 Å². The summed E-state index contributed by atoms with van der Waals surface area (Å²) in [5, 5.41) is 11.7. The number of carboxylic acids is 1. The zero-order valence-corrected chi connectivity index (χ0v) is 11.4. The Labute approximate surface area is 121 Å². The van der Waals surface area contributed by atoms with Gasteiger partial charge in [-0.3, -0.25) is 9.59 Å². The molecule has 0 spiro atoms. The second-order valence-electron chi connectivity index (χ2n) is 5.48. The fourth-order valence-electron chi connectivity index (χ4n) is 2.84. The van der Waals surface area contributed by atoms with Crippen molar-refractivity contribution in [1.29, 1.82) is 0 Å². The molecule has 3 rings (SSSR count). The Balaban J connectivity index is 1.73. The van der Waals surface area contributed by atoms with E-state index in [-0.39, 0.29) is 36.7 Å². The molecule has 1 heterocycles. The standard InChI is InChI=1S/C15H16N2O4/c18-13-8-17(12(7-16-13)15(20)21)14(19)11-6-10(11)9-4-2-1-3-5-9/h1-5,10-12H,6-8H2,(H,16,18)(H,20,21). The predicted molar refractivity (Wildman–Crippen MR) is 73.4 cm³/mol. The van der Waals surface area contributed by atoms with Crippen LogP contribution in [0.1, 0.15) is 17.9 Å². The van der Waals surface area contributed by atoms with Gasteiger partial charge in [0.25, 0.3) is 0 Å². The van der Waals surface area contributed by atoms with Crippen LogP contribution >= 0.6 is 0 Å². The molecule has 1 aromatic carbocycles. The smallest absolute Gasteiger partial charge is 0.328 e. The number of nitrogens with zero attached hydrogens (tertiary/aromatic N) is 1. The average molecular weight is 288 g/mol. The molecular formula is C15H16N2O4. The second-order valence-corrected chi connectivity index (χ2v) is 5.48. The first-order valence-corrected chi connectivity index (χ1v) is 6.93. The SMILES string of the molecule is O=C1CN(C(=O)C2CC2c2ccccc2)C(C(=O)O)CN1. The molecule has 1 aliphatic heterocycles. The van der Waals surface area contributed by atoms with Crippen LogP contribution in [-0.2, 0) is 14.4 Å². The number of nitrogens with one attached hydrogen (secondary N) is 1. The van der Waals surface area contributed by atoms with Crippen molar-refractivity contribution in [2.45, 2.75) is 18.4 Å². The van der Waals surface area contributed by atoms with Gasteiger partial charge >= 0.3 is 5.97 Å². The third-order valence-corrected chi connectivity index (χ3v) is 4.09. The fourth-order valence-corrected chi connectivity index (χ4v) is 2.84. The largest absolute Gasteiger partial charge is 0.480 e. The van der Waals surface area contributed by atoms with Gasteiger partial charge in [0.15, 0.2) is 0 Å². The Morgan fingerprint density at radius 2 is 1.95 bits per heavy atom. The number of hydrogen-bond donors (Lipinski definition) is 2. The van der Waals surface area contributed by atoms with Gasteiger partial charge in [-0.2, -0.15) is 0 Å². The van der Waals surface area contributed by atoms with Gasteiger partial charge in [-0.1, -0.05) is 30.3 Å². The number of benzene rings is 1. The number of aliphatic carboxylic acids is 1. The van der Waals surface area contributed by atoms with E-state index >= 15 is 0 Å². The van der Waals surface area contributed by atoms with Crippen LogP contribution in [0, 0.1) is 5.92 Å². The molecule has 0 radical (unpaired) electrons. The minimum Gasteiger partial charge on any atom is -0.480 e. The molecule has 1 saturated heterocycles. The first-order chi connectivity index (χ1) is 10.1. The fraction of sp³-hybridized carbons (Fsp3) is 0.400. The molecule has 21 heavy (non-hydrogen) atoms. The molecule has 2 N–H and O–H groups in total. The molecule has 2 fully saturated rings. The maximum absolute atomic E-state index is 12.5. The van der Waals surface area contributed by atoms with Gasteiger partial charge in [0.1, 0.15) is 12.6 Å². The maximum Gasteiger partial charge on any atom is 0.328 e. The van der Waals surface area contributed by atoms with Gasteiger partial charge in [-0.25, -0.2) is 4.79 Å². The maximum atomic E-state index is 12.5. The summed E-state index contributed by atoms with van der Waals surface area (Å²) in [5.41, 5.74) is 1.09. The Morgan fingerprint density at radius 3 is 2.62 bits per heavy atom. The lowest BCUT2D eigenvalue weighted by molar-refractivity contribution is -0.154. The van der Waals surface area contributed by atoms with Crippen LogP contribution in [0.15, 0.2) is 30.3 Å². The van der Waals surface area contributed by atoms with E-state index < -0.39 is 12.0 Å². The van der Waals surface area contributed by atoms with E-state index in [0.29, 0.717) is 6.42 Å². The normalized spacial score (nSPS) is 27.9. The molecule has 1 aromatic rings. The number of rotatable bonds is 3. The van der Waals surface area contributed by atoms with Crippen molar-refractivity contribution in [3.63, 3.8) is 0 Å². The van der Waals surface area contributed by atoms with Gasteiger partial charge in [0.2, 0.25) is 11.8 Å². The molecule has 2 amide bonds. The minimum absolute atomic E-state index is 0.0252. The number of carbonyl (C=O) groups is 3. The van der Waals surface area contributed by atoms with Crippen LogP contribution in [0.3, 0.4) is 0 Å². The summed E-state index contributed by atoms with van der Waals surface area (Å²) < 4.78 is 0. The molecular weight excluding hydrogens is 272 g/mol. The van der Waals surface area contributed by atoms with E-state index in [1.165, 1.54) is 4.90 Å². The summed E-state index contributed by atoms with van der Waals surface area (Å²) in [6.45, 7) is -0.198. The summed E-state index contributed by atoms with van der Waals surface area (Å²) in [5.74, 6) is -1.69. The van der Waals surface area contributed by atoms with E-state index in [1.807, 2.05) is 30.3 Å². The molecule has 2 aliphatic rings. The van der Waals surface area contributed by atoms with Crippen LogP contribution in [0.4, 0.5) is 0 Å². The van der Waals surface area contributed by atoms with Crippen molar-refractivity contribution in [2.75, 3.05) is 13.1 Å². The van der Waals surface area contributed by atoms with E-state index in [4.69, 9.17) is 0 Å². The molecule has 1 aliphatic carbocycles. The topological polar surface area (TPSA) is 86.7 Å². The monoisotopic (exact) mass is 288 g/mol. The van der Waals surface area contributed by atoms with Crippen LogP contribution in [0.5, 0.6) is 0 Å². The summed E-state index contributed by atoms with van der Waals surface area (Å²) in [6.07, 6.45) is 0.716. The zero-order valence-electron chi connectivity index (χ0n) is 11.4. The van der Waals surface area contributed by atoms with E-state index in [2.05, 4.69) is 5.32 Å². The molecule has 6 nitrogen and oxygen atoms in total.